The predicted molar refractivity (Wildman–Crippen MR) is 93.8 cm³/mol. The van der Waals surface area contributed by atoms with E-state index in [-0.39, 0.29) is 17.8 Å². The van der Waals surface area contributed by atoms with Crippen LogP contribution >= 0.6 is 0 Å². The number of carbonyl (C=O) groups is 1. The highest BCUT2D eigenvalue weighted by Crippen LogP contribution is 2.23. The first-order chi connectivity index (χ1) is 12.6. The van der Waals surface area contributed by atoms with E-state index >= 15 is 0 Å². The Kier molecular flexibility index (Phi) is 4.16. The minimum absolute atomic E-state index is 0.231. The van der Waals surface area contributed by atoms with Crippen molar-refractivity contribution in [2.24, 2.45) is 0 Å². The quantitative estimate of drug-likeness (QED) is 0.701. The van der Waals surface area contributed by atoms with Gasteiger partial charge in [-0.2, -0.15) is 5.10 Å². The summed E-state index contributed by atoms with van der Waals surface area (Å²) < 4.78 is 21.3. The molecule has 26 heavy (non-hydrogen) atoms. The van der Waals surface area contributed by atoms with Crippen molar-refractivity contribution in [1.82, 2.24) is 19.9 Å². The molecule has 0 fully saturated rings. The summed E-state index contributed by atoms with van der Waals surface area (Å²) in [7, 11) is 0. The third-order valence-electron chi connectivity index (χ3n) is 4.34. The first kappa shape index (κ1) is 16.3. The average Bonchev–Trinajstić information content (AvgIpc) is 3.07. The Bertz CT molecular complexity index is 971. The molecule has 1 aliphatic heterocycles. The van der Waals surface area contributed by atoms with Crippen LogP contribution in [-0.2, 0) is 6.54 Å². The molecule has 0 spiro atoms. The highest BCUT2D eigenvalue weighted by Gasteiger charge is 2.18. The number of anilines is 1. The Balaban J connectivity index is 1.77. The van der Waals surface area contributed by atoms with Crippen molar-refractivity contribution < 1.29 is 13.9 Å². The Morgan fingerprint density at radius 2 is 2.23 bits per heavy atom. The molecule has 1 amide bonds. The fourth-order valence-electron chi connectivity index (χ4n) is 2.87. The molecular formula is C18H18FN5O2. The summed E-state index contributed by atoms with van der Waals surface area (Å²) in [5, 5.41) is 10.2. The number of halogens is 1. The minimum atomic E-state index is -0.332. The van der Waals surface area contributed by atoms with Crippen molar-refractivity contribution in [2.45, 2.75) is 26.0 Å². The van der Waals surface area contributed by atoms with E-state index in [1.54, 1.807) is 22.8 Å². The number of nitrogens with one attached hydrogen (secondary N) is 2. The summed E-state index contributed by atoms with van der Waals surface area (Å²) in [6.45, 7) is 2.65. The highest BCUT2D eigenvalue weighted by atomic mass is 19.1. The van der Waals surface area contributed by atoms with Gasteiger partial charge in [-0.05, 0) is 30.7 Å². The Hall–Kier alpha value is -3.16. The molecular weight excluding hydrogens is 337 g/mol. The van der Waals surface area contributed by atoms with E-state index in [0.717, 1.165) is 0 Å². The third-order valence-corrected chi connectivity index (χ3v) is 4.34. The molecule has 0 saturated carbocycles. The molecule has 3 aromatic rings. The van der Waals surface area contributed by atoms with E-state index in [2.05, 4.69) is 20.7 Å². The third kappa shape index (κ3) is 3.05. The van der Waals surface area contributed by atoms with Crippen LogP contribution < -0.4 is 15.4 Å². The standard InChI is InChI=1S/C18H18FN5O2/c1-2-13-9-21-18(25)14-10-22-24-6-5-16(23-17(14)24)20-8-11-7-12(19)3-4-15(11)26-13/h3-7,10,13H,2,8-9H2,1H3,(H,20,23)(H,21,25). The van der Waals surface area contributed by atoms with Gasteiger partial charge in [0, 0.05) is 18.3 Å². The molecule has 1 aromatic carbocycles. The van der Waals surface area contributed by atoms with Crippen molar-refractivity contribution in [3.8, 4) is 5.75 Å². The number of fused-ring (bicyclic) bond motifs is 2. The number of carbonyl (C=O) groups excluding carboxylic acids is 1. The van der Waals surface area contributed by atoms with Gasteiger partial charge in [0.25, 0.3) is 5.91 Å². The minimum Gasteiger partial charge on any atom is -0.488 e. The van der Waals surface area contributed by atoms with Gasteiger partial charge in [-0.3, -0.25) is 4.79 Å². The lowest BCUT2D eigenvalue weighted by Gasteiger charge is -2.20. The molecule has 0 radical (unpaired) electrons. The number of hydrogen-bond acceptors (Lipinski definition) is 5. The van der Waals surface area contributed by atoms with Crippen molar-refractivity contribution in [3.05, 3.63) is 53.6 Å². The van der Waals surface area contributed by atoms with Gasteiger partial charge in [0.2, 0.25) is 0 Å². The molecule has 1 aliphatic rings. The largest absolute Gasteiger partial charge is 0.488 e. The summed E-state index contributed by atoms with van der Waals surface area (Å²) in [4.78, 5) is 17.0. The van der Waals surface area contributed by atoms with Gasteiger partial charge in [-0.25, -0.2) is 13.9 Å². The molecule has 1 atom stereocenters. The van der Waals surface area contributed by atoms with Crippen molar-refractivity contribution in [3.63, 3.8) is 0 Å². The summed E-state index contributed by atoms with van der Waals surface area (Å²) in [6.07, 6.45) is 3.68. The lowest BCUT2D eigenvalue weighted by atomic mass is 10.1. The SMILES string of the molecule is CCC1CNC(=O)c2cnn3ccc(nc23)NCc2cc(F)ccc2O1. The van der Waals surface area contributed by atoms with Gasteiger partial charge in [-0.1, -0.05) is 6.92 Å². The second-order valence-electron chi connectivity index (χ2n) is 6.10. The van der Waals surface area contributed by atoms with Crippen LogP contribution in [0.1, 0.15) is 29.3 Å². The summed E-state index contributed by atoms with van der Waals surface area (Å²) in [6, 6.07) is 6.17. The maximum absolute atomic E-state index is 13.7. The van der Waals surface area contributed by atoms with Crippen LogP contribution in [0.5, 0.6) is 5.75 Å². The fraction of sp³-hybridized carbons (Fsp3) is 0.278. The number of nitrogens with zero attached hydrogens (tertiary/aromatic N) is 3. The molecule has 2 bridgehead atoms. The van der Waals surface area contributed by atoms with E-state index in [0.29, 0.717) is 47.9 Å². The van der Waals surface area contributed by atoms with Crippen molar-refractivity contribution in [2.75, 3.05) is 11.9 Å². The van der Waals surface area contributed by atoms with E-state index in [4.69, 9.17) is 4.74 Å². The van der Waals surface area contributed by atoms with Crippen LogP contribution in [0, 0.1) is 5.82 Å². The van der Waals surface area contributed by atoms with Crippen LogP contribution in [0.2, 0.25) is 0 Å². The first-order valence-electron chi connectivity index (χ1n) is 8.45. The molecule has 2 aromatic heterocycles. The van der Waals surface area contributed by atoms with Gasteiger partial charge < -0.3 is 15.4 Å². The first-order valence-corrected chi connectivity index (χ1v) is 8.45. The number of hydrogen-bond donors (Lipinski definition) is 2. The predicted octanol–water partition coefficient (Wildman–Crippen LogP) is 2.38. The normalized spacial score (nSPS) is 17.3. The summed E-state index contributed by atoms with van der Waals surface area (Å²) >= 11 is 0. The molecule has 1 unspecified atom stereocenters. The Morgan fingerprint density at radius 3 is 3.08 bits per heavy atom. The molecule has 0 saturated heterocycles. The van der Waals surface area contributed by atoms with E-state index in [9.17, 15) is 9.18 Å². The second-order valence-corrected chi connectivity index (χ2v) is 6.10. The number of rotatable bonds is 1. The topological polar surface area (TPSA) is 80.6 Å². The van der Waals surface area contributed by atoms with Crippen LogP contribution in [0.25, 0.3) is 5.65 Å². The average molecular weight is 355 g/mol. The van der Waals surface area contributed by atoms with E-state index in [1.165, 1.54) is 18.3 Å². The fourth-order valence-corrected chi connectivity index (χ4v) is 2.87. The van der Waals surface area contributed by atoms with Gasteiger partial charge in [-0.15, -0.1) is 0 Å². The molecule has 134 valence electrons. The molecule has 2 N–H and O–H groups in total. The van der Waals surface area contributed by atoms with Crippen LogP contribution in [0.15, 0.2) is 36.7 Å². The van der Waals surface area contributed by atoms with Crippen LogP contribution in [0.3, 0.4) is 0 Å². The zero-order valence-electron chi connectivity index (χ0n) is 14.2. The molecule has 4 rings (SSSR count). The Morgan fingerprint density at radius 1 is 1.35 bits per heavy atom. The number of aromatic nitrogens is 3. The maximum Gasteiger partial charge on any atom is 0.256 e. The highest BCUT2D eigenvalue weighted by molar-refractivity contribution is 5.99. The zero-order chi connectivity index (χ0) is 18.1. The van der Waals surface area contributed by atoms with Gasteiger partial charge >= 0.3 is 0 Å². The van der Waals surface area contributed by atoms with Gasteiger partial charge in [0.1, 0.15) is 29.1 Å². The lowest BCUT2D eigenvalue weighted by Crippen LogP contribution is -2.35. The second kappa shape index (κ2) is 6.62. The Labute approximate surface area is 149 Å². The molecule has 8 heteroatoms. The van der Waals surface area contributed by atoms with Crippen LogP contribution in [-0.4, -0.2) is 33.2 Å². The van der Waals surface area contributed by atoms with Crippen molar-refractivity contribution in [1.29, 1.82) is 0 Å². The molecule has 0 aliphatic carbocycles. The molecule has 3 heterocycles. The summed E-state index contributed by atoms with van der Waals surface area (Å²) in [5.74, 6) is 0.559. The van der Waals surface area contributed by atoms with Gasteiger partial charge in [0.15, 0.2) is 5.65 Å². The number of ether oxygens (including phenoxy) is 1. The maximum atomic E-state index is 13.7. The summed E-state index contributed by atoms with van der Waals surface area (Å²) in [5.41, 5.74) is 1.54. The lowest BCUT2D eigenvalue weighted by molar-refractivity contribution is 0.0927. The van der Waals surface area contributed by atoms with E-state index < -0.39 is 0 Å². The zero-order valence-corrected chi connectivity index (χ0v) is 14.2. The van der Waals surface area contributed by atoms with Crippen molar-refractivity contribution >= 4 is 17.4 Å². The van der Waals surface area contributed by atoms with Crippen LogP contribution in [0.4, 0.5) is 10.2 Å². The van der Waals surface area contributed by atoms with Gasteiger partial charge in [0.05, 0.1) is 12.7 Å². The monoisotopic (exact) mass is 355 g/mol. The number of amides is 1. The van der Waals surface area contributed by atoms with E-state index in [1.807, 2.05) is 6.92 Å². The smallest absolute Gasteiger partial charge is 0.256 e. The number of benzene rings is 1. The molecule has 7 nitrogen and oxygen atoms in total.